The number of aliphatic hydroxyl groups excluding tert-OH is 1. The SMILES string of the molecule is CCC(O)c1cc2n(n1)CCN(Cc1cccc3c(C)c(C)[nH]c13)C2. The van der Waals surface area contributed by atoms with E-state index in [1.54, 1.807) is 0 Å². The van der Waals surface area contributed by atoms with Gasteiger partial charge in [-0.15, -0.1) is 0 Å². The third-order valence-electron chi connectivity index (χ3n) is 5.45. The van der Waals surface area contributed by atoms with Gasteiger partial charge in [0.05, 0.1) is 29.6 Å². The quantitative estimate of drug-likeness (QED) is 0.766. The first kappa shape index (κ1) is 16.4. The maximum atomic E-state index is 10.0. The van der Waals surface area contributed by atoms with Crippen LogP contribution in [0.2, 0.25) is 0 Å². The zero-order valence-electron chi connectivity index (χ0n) is 15.2. The van der Waals surface area contributed by atoms with Gasteiger partial charge < -0.3 is 10.1 Å². The predicted molar refractivity (Wildman–Crippen MR) is 99.4 cm³/mol. The number of H-pyrrole nitrogens is 1. The van der Waals surface area contributed by atoms with Crippen LogP contribution >= 0.6 is 0 Å². The van der Waals surface area contributed by atoms with E-state index in [2.05, 4.69) is 53.1 Å². The summed E-state index contributed by atoms with van der Waals surface area (Å²) in [7, 11) is 0. The Kier molecular flexibility index (Phi) is 4.13. The predicted octanol–water partition coefficient (Wildman–Crippen LogP) is 3.44. The molecular formula is C20H26N4O. The van der Waals surface area contributed by atoms with Crippen LogP contribution in [-0.2, 0) is 19.6 Å². The average molecular weight is 338 g/mol. The Morgan fingerprint density at radius 2 is 2.12 bits per heavy atom. The van der Waals surface area contributed by atoms with Crippen LogP contribution in [0.3, 0.4) is 0 Å². The molecule has 2 N–H and O–H groups in total. The minimum Gasteiger partial charge on any atom is -0.387 e. The van der Waals surface area contributed by atoms with Crippen molar-refractivity contribution in [3.05, 3.63) is 52.5 Å². The third kappa shape index (κ3) is 2.87. The molecule has 0 fully saturated rings. The van der Waals surface area contributed by atoms with E-state index in [0.717, 1.165) is 31.9 Å². The average Bonchev–Trinajstić information content (AvgIpc) is 3.16. The van der Waals surface area contributed by atoms with Crippen molar-refractivity contribution in [1.29, 1.82) is 0 Å². The molecule has 1 aliphatic heterocycles. The van der Waals surface area contributed by atoms with E-state index in [0.29, 0.717) is 6.42 Å². The molecule has 2 aromatic heterocycles. The standard InChI is InChI=1S/C20H26N4O/c1-4-19(25)18-10-16-12-23(8-9-24(16)22-18)11-15-6-5-7-17-13(2)14(3)21-20(15)17/h5-7,10,19,21,25H,4,8-9,11-12H2,1-3H3. The number of para-hydroxylation sites is 1. The van der Waals surface area contributed by atoms with Crippen LogP contribution in [0.4, 0.5) is 0 Å². The second-order valence-electron chi connectivity index (χ2n) is 7.13. The molecule has 132 valence electrons. The molecular weight excluding hydrogens is 312 g/mol. The summed E-state index contributed by atoms with van der Waals surface area (Å²) in [6.07, 6.45) is 0.249. The number of hydrogen-bond acceptors (Lipinski definition) is 3. The molecule has 0 bridgehead atoms. The molecule has 25 heavy (non-hydrogen) atoms. The second kappa shape index (κ2) is 6.32. The van der Waals surface area contributed by atoms with E-state index < -0.39 is 6.10 Å². The molecule has 5 nitrogen and oxygen atoms in total. The van der Waals surface area contributed by atoms with E-state index in [-0.39, 0.29) is 0 Å². The van der Waals surface area contributed by atoms with Crippen LogP contribution in [-0.4, -0.2) is 31.3 Å². The van der Waals surface area contributed by atoms with E-state index >= 15 is 0 Å². The fourth-order valence-electron chi connectivity index (χ4n) is 3.77. The molecule has 0 radical (unpaired) electrons. The van der Waals surface area contributed by atoms with Gasteiger partial charge in [-0.3, -0.25) is 9.58 Å². The van der Waals surface area contributed by atoms with Crippen LogP contribution in [0, 0.1) is 13.8 Å². The monoisotopic (exact) mass is 338 g/mol. The summed E-state index contributed by atoms with van der Waals surface area (Å²) in [4.78, 5) is 6.01. The largest absolute Gasteiger partial charge is 0.387 e. The second-order valence-corrected chi connectivity index (χ2v) is 7.13. The molecule has 1 aromatic carbocycles. The highest BCUT2D eigenvalue weighted by molar-refractivity contribution is 5.87. The first-order valence-electron chi connectivity index (χ1n) is 9.10. The highest BCUT2D eigenvalue weighted by Gasteiger charge is 2.21. The van der Waals surface area contributed by atoms with Crippen molar-refractivity contribution < 1.29 is 5.11 Å². The summed E-state index contributed by atoms with van der Waals surface area (Å²) in [6, 6.07) is 8.63. The van der Waals surface area contributed by atoms with Gasteiger partial charge >= 0.3 is 0 Å². The zero-order chi connectivity index (χ0) is 17.6. The number of aromatic amines is 1. The molecule has 3 heterocycles. The van der Waals surface area contributed by atoms with Crippen molar-refractivity contribution in [2.24, 2.45) is 0 Å². The first-order chi connectivity index (χ1) is 12.1. The van der Waals surface area contributed by atoms with E-state index in [9.17, 15) is 5.11 Å². The van der Waals surface area contributed by atoms with E-state index in [1.807, 2.05) is 11.6 Å². The molecule has 1 aliphatic rings. The van der Waals surface area contributed by atoms with Gasteiger partial charge in [-0.05, 0) is 37.5 Å². The van der Waals surface area contributed by atoms with Crippen LogP contribution in [0.25, 0.3) is 10.9 Å². The number of hydrogen-bond donors (Lipinski definition) is 2. The molecule has 5 heteroatoms. The van der Waals surface area contributed by atoms with Crippen LogP contribution < -0.4 is 0 Å². The number of aromatic nitrogens is 3. The smallest absolute Gasteiger partial charge is 0.0975 e. The number of aryl methyl sites for hydroxylation is 2. The van der Waals surface area contributed by atoms with E-state index in [1.165, 1.54) is 33.4 Å². The zero-order valence-corrected chi connectivity index (χ0v) is 15.2. The summed E-state index contributed by atoms with van der Waals surface area (Å²) in [6.45, 7) is 9.95. The molecule has 0 aliphatic carbocycles. The topological polar surface area (TPSA) is 57.1 Å². The van der Waals surface area contributed by atoms with Gasteiger partial charge in [-0.1, -0.05) is 25.1 Å². The molecule has 0 saturated carbocycles. The molecule has 4 rings (SSSR count). The van der Waals surface area contributed by atoms with Gasteiger partial charge in [0.1, 0.15) is 0 Å². The minimum absolute atomic E-state index is 0.454. The lowest BCUT2D eigenvalue weighted by Crippen LogP contribution is -2.33. The number of fused-ring (bicyclic) bond motifs is 2. The summed E-state index contributed by atoms with van der Waals surface area (Å²) >= 11 is 0. The van der Waals surface area contributed by atoms with Crippen molar-refractivity contribution >= 4 is 10.9 Å². The van der Waals surface area contributed by atoms with Crippen molar-refractivity contribution in [1.82, 2.24) is 19.7 Å². The van der Waals surface area contributed by atoms with Gasteiger partial charge in [0, 0.05) is 30.7 Å². The van der Waals surface area contributed by atoms with Crippen molar-refractivity contribution in [2.45, 2.75) is 52.9 Å². The van der Waals surface area contributed by atoms with Crippen LogP contribution in [0.15, 0.2) is 24.3 Å². The van der Waals surface area contributed by atoms with Gasteiger partial charge in [-0.2, -0.15) is 5.10 Å². The molecule has 0 saturated heterocycles. The molecule has 1 unspecified atom stereocenters. The van der Waals surface area contributed by atoms with E-state index in [4.69, 9.17) is 0 Å². The van der Waals surface area contributed by atoms with Crippen molar-refractivity contribution in [3.63, 3.8) is 0 Å². The highest BCUT2D eigenvalue weighted by Crippen LogP contribution is 2.26. The maximum Gasteiger partial charge on any atom is 0.0975 e. The Bertz CT molecular complexity index is 908. The third-order valence-corrected chi connectivity index (χ3v) is 5.45. The van der Waals surface area contributed by atoms with Gasteiger partial charge in [0.2, 0.25) is 0 Å². The number of nitrogens with zero attached hydrogens (tertiary/aromatic N) is 3. The molecule has 0 amide bonds. The van der Waals surface area contributed by atoms with Crippen molar-refractivity contribution in [3.8, 4) is 0 Å². The lowest BCUT2D eigenvalue weighted by molar-refractivity contribution is 0.166. The van der Waals surface area contributed by atoms with Gasteiger partial charge in [0.15, 0.2) is 0 Å². The fourth-order valence-corrected chi connectivity index (χ4v) is 3.77. The highest BCUT2D eigenvalue weighted by atomic mass is 16.3. The lowest BCUT2D eigenvalue weighted by Gasteiger charge is -2.27. The first-order valence-corrected chi connectivity index (χ1v) is 9.10. The molecule has 3 aromatic rings. The maximum absolute atomic E-state index is 10.0. The number of benzene rings is 1. The Hall–Kier alpha value is -2.11. The fraction of sp³-hybridized carbons (Fsp3) is 0.450. The van der Waals surface area contributed by atoms with Gasteiger partial charge in [-0.25, -0.2) is 0 Å². The van der Waals surface area contributed by atoms with Crippen LogP contribution in [0.5, 0.6) is 0 Å². The minimum atomic E-state index is -0.454. The number of rotatable bonds is 4. The van der Waals surface area contributed by atoms with Gasteiger partial charge in [0.25, 0.3) is 0 Å². The Morgan fingerprint density at radius 3 is 2.92 bits per heavy atom. The summed E-state index contributed by atoms with van der Waals surface area (Å²) in [5.74, 6) is 0. The Morgan fingerprint density at radius 1 is 1.28 bits per heavy atom. The number of aliphatic hydroxyl groups is 1. The Balaban J connectivity index is 1.57. The molecule has 0 spiro atoms. The molecule has 1 atom stereocenters. The summed E-state index contributed by atoms with van der Waals surface area (Å²) < 4.78 is 2.05. The van der Waals surface area contributed by atoms with Crippen molar-refractivity contribution in [2.75, 3.05) is 6.54 Å². The van der Waals surface area contributed by atoms with Crippen LogP contribution in [0.1, 0.15) is 47.7 Å². The summed E-state index contributed by atoms with van der Waals surface area (Å²) in [5, 5.41) is 15.9. The Labute approximate surface area is 148 Å². The summed E-state index contributed by atoms with van der Waals surface area (Å²) in [5.41, 5.74) is 7.19. The normalized spacial score (nSPS) is 16.3. The lowest BCUT2D eigenvalue weighted by atomic mass is 10.1. The number of nitrogens with one attached hydrogen (secondary N) is 1.